The molecule has 27 heavy (non-hydrogen) atoms. The highest BCUT2D eigenvalue weighted by atomic mass is 32.1. The normalized spacial score (nSPS) is 12.8. The van der Waals surface area contributed by atoms with Gasteiger partial charge in [0.15, 0.2) is 0 Å². The molecule has 4 heteroatoms. The maximum absolute atomic E-state index is 6.00. The van der Waals surface area contributed by atoms with Gasteiger partial charge in [0.05, 0.1) is 17.3 Å². The molecule has 138 valence electrons. The van der Waals surface area contributed by atoms with E-state index in [1.54, 1.807) is 18.4 Å². The number of rotatable bonds is 5. The van der Waals surface area contributed by atoms with Crippen LogP contribution in [-0.2, 0) is 0 Å². The number of fused-ring (bicyclic) bond motifs is 3. The SMILES string of the molecule is COc1ccc2ncc3sccc3c2c1-c1ccc(C(CN)C(C)C)cc1. The molecule has 2 N–H and O–H groups in total. The lowest BCUT2D eigenvalue weighted by Crippen LogP contribution is -2.17. The lowest BCUT2D eigenvalue weighted by Gasteiger charge is -2.20. The summed E-state index contributed by atoms with van der Waals surface area (Å²) in [5, 5.41) is 4.50. The first kappa shape index (κ1) is 18.0. The van der Waals surface area contributed by atoms with E-state index in [0.29, 0.717) is 18.4 Å². The van der Waals surface area contributed by atoms with Gasteiger partial charge < -0.3 is 10.5 Å². The second-order valence-electron chi connectivity index (χ2n) is 7.20. The van der Waals surface area contributed by atoms with Gasteiger partial charge in [-0.3, -0.25) is 4.98 Å². The molecule has 0 aliphatic rings. The number of nitrogens with zero attached hydrogens (tertiary/aromatic N) is 1. The van der Waals surface area contributed by atoms with Gasteiger partial charge in [-0.15, -0.1) is 11.3 Å². The highest BCUT2D eigenvalue weighted by molar-refractivity contribution is 7.17. The molecule has 0 bridgehead atoms. The summed E-state index contributed by atoms with van der Waals surface area (Å²) in [5.41, 5.74) is 10.5. The number of ether oxygens (including phenoxy) is 1. The molecule has 2 heterocycles. The van der Waals surface area contributed by atoms with Crippen molar-refractivity contribution in [3.8, 4) is 16.9 Å². The summed E-state index contributed by atoms with van der Waals surface area (Å²) in [5.74, 6) is 1.76. The Kier molecular flexibility index (Phi) is 4.85. The van der Waals surface area contributed by atoms with Gasteiger partial charge in [-0.2, -0.15) is 0 Å². The Morgan fingerprint density at radius 1 is 1.07 bits per heavy atom. The van der Waals surface area contributed by atoms with E-state index in [1.165, 1.54) is 15.6 Å². The molecule has 1 atom stereocenters. The zero-order chi connectivity index (χ0) is 19.0. The van der Waals surface area contributed by atoms with E-state index in [0.717, 1.165) is 27.8 Å². The van der Waals surface area contributed by atoms with Crippen LogP contribution in [0.5, 0.6) is 5.75 Å². The predicted molar refractivity (Wildman–Crippen MR) is 116 cm³/mol. The number of benzene rings is 2. The van der Waals surface area contributed by atoms with Crippen LogP contribution in [0.2, 0.25) is 0 Å². The van der Waals surface area contributed by atoms with E-state index < -0.39 is 0 Å². The van der Waals surface area contributed by atoms with Crippen molar-refractivity contribution in [3.05, 3.63) is 59.6 Å². The smallest absolute Gasteiger partial charge is 0.127 e. The van der Waals surface area contributed by atoms with Crippen molar-refractivity contribution in [2.75, 3.05) is 13.7 Å². The Bertz CT molecular complexity index is 1080. The van der Waals surface area contributed by atoms with Gasteiger partial charge >= 0.3 is 0 Å². The van der Waals surface area contributed by atoms with E-state index in [1.807, 2.05) is 18.3 Å². The van der Waals surface area contributed by atoms with Crippen molar-refractivity contribution in [3.63, 3.8) is 0 Å². The molecule has 0 spiro atoms. The summed E-state index contributed by atoms with van der Waals surface area (Å²) in [6.45, 7) is 5.10. The molecule has 0 radical (unpaired) electrons. The molecule has 3 nitrogen and oxygen atoms in total. The van der Waals surface area contributed by atoms with Crippen LogP contribution in [0.1, 0.15) is 25.3 Å². The highest BCUT2D eigenvalue weighted by Crippen LogP contribution is 2.41. The van der Waals surface area contributed by atoms with Crippen LogP contribution in [0.15, 0.2) is 54.0 Å². The second kappa shape index (κ2) is 7.29. The van der Waals surface area contributed by atoms with Crippen LogP contribution >= 0.6 is 11.3 Å². The van der Waals surface area contributed by atoms with Gasteiger partial charge in [0.2, 0.25) is 0 Å². The van der Waals surface area contributed by atoms with Crippen molar-refractivity contribution in [2.24, 2.45) is 11.7 Å². The molecule has 0 aliphatic heterocycles. The average Bonchev–Trinajstić information content (AvgIpc) is 3.17. The van der Waals surface area contributed by atoms with Gasteiger partial charge in [-0.05, 0) is 53.1 Å². The number of aromatic nitrogens is 1. The van der Waals surface area contributed by atoms with E-state index in [2.05, 4.69) is 54.5 Å². The topological polar surface area (TPSA) is 48.1 Å². The molecular weight excluding hydrogens is 352 g/mol. The first-order valence-electron chi connectivity index (χ1n) is 9.27. The van der Waals surface area contributed by atoms with Gasteiger partial charge in [-0.1, -0.05) is 38.1 Å². The summed E-state index contributed by atoms with van der Waals surface area (Å²) in [6, 6.07) is 15.0. The van der Waals surface area contributed by atoms with Crippen LogP contribution in [0.4, 0.5) is 0 Å². The summed E-state index contributed by atoms with van der Waals surface area (Å²) < 4.78 is 6.92. The number of nitrogens with two attached hydrogens (primary N) is 1. The molecule has 4 rings (SSSR count). The van der Waals surface area contributed by atoms with Crippen LogP contribution in [0.3, 0.4) is 0 Å². The van der Waals surface area contributed by atoms with E-state index in [-0.39, 0.29) is 0 Å². The van der Waals surface area contributed by atoms with Gasteiger partial charge in [0.25, 0.3) is 0 Å². The molecule has 0 saturated carbocycles. The number of hydrogen-bond donors (Lipinski definition) is 1. The van der Waals surface area contributed by atoms with Crippen molar-refractivity contribution < 1.29 is 4.74 Å². The van der Waals surface area contributed by atoms with Crippen LogP contribution < -0.4 is 10.5 Å². The fourth-order valence-corrected chi connectivity index (χ4v) is 4.62. The third-order valence-electron chi connectivity index (χ3n) is 5.34. The molecule has 0 saturated heterocycles. The zero-order valence-corrected chi connectivity index (χ0v) is 16.7. The van der Waals surface area contributed by atoms with E-state index >= 15 is 0 Å². The standard InChI is InChI=1S/C23H24N2OS/c1-14(2)18(12-24)15-4-6-16(7-5-15)22-20(26-3)9-8-19-23(22)17-10-11-27-21(17)13-25-19/h4-11,13-14,18H,12,24H2,1-3H3. The minimum atomic E-state index is 0.374. The first-order chi connectivity index (χ1) is 13.1. The first-order valence-corrected chi connectivity index (χ1v) is 10.1. The van der Waals surface area contributed by atoms with Gasteiger partial charge in [0, 0.05) is 22.5 Å². The molecule has 1 unspecified atom stereocenters. The van der Waals surface area contributed by atoms with Crippen molar-refractivity contribution in [2.45, 2.75) is 19.8 Å². The Balaban J connectivity index is 1.93. The summed E-state index contributed by atoms with van der Waals surface area (Å²) in [4.78, 5) is 4.66. The van der Waals surface area contributed by atoms with Crippen LogP contribution in [-0.4, -0.2) is 18.6 Å². The van der Waals surface area contributed by atoms with Gasteiger partial charge in [0.1, 0.15) is 5.75 Å². The maximum atomic E-state index is 6.00. The quantitative estimate of drug-likeness (QED) is 0.477. The number of thiophene rings is 1. The van der Waals surface area contributed by atoms with Crippen molar-refractivity contribution in [1.29, 1.82) is 0 Å². The zero-order valence-electron chi connectivity index (χ0n) is 15.9. The van der Waals surface area contributed by atoms with E-state index in [9.17, 15) is 0 Å². The third-order valence-corrected chi connectivity index (χ3v) is 6.19. The molecule has 0 aliphatic carbocycles. The minimum Gasteiger partial charge on any atom is -0.496 e. The average molecular weight is 377 g/mol. The fourth-order valence-electron chi connectivity index (χ4n) is 3.86. The van der Waals surface area contributed by atoms with Crippen molar-refractivity contribution >= 4 is 32.3 Å². The largest absolute Gasteiger partial charge is 0.496 e. The maximum Gasteiger partial charge on any atom is 0.127 e. The third kappa shape index (κ3) is 3.09. The highest BCUT2D eigenvalue weighted by Gasteiger charge is 2.17. The fraction of sp³-hybridized carbons (Fsp3) is 0.261. The summed E-state index contributed by atoms with van der Waals surface area (Å²) in [6.07, 6.45) is 1.95. The molecule has 2 aromatic heterocycles. The minimum absolute atomic E-state index is 0.374. The Morgan fingerprint density at radius 2 is 1.85 bits per heavy atom. The summed E-state index contributed by atoms with van der Waals surface area (Å²) in [7, 11) is 1.73. The molecule has 0 amide bonds. The van der Waals surface area contributed by atoms with Crippen LogP contribution in [0, 0.1) is 5.92 Å². The lowest BCUT2D eigenvalue weighted by molar-refractivity contribution is 0.417. The number of methoxy groups -OCH3 is 1. The van der Waals surface area contributed by atoms with E-state index in [4.69, 9.17) is 10.5 Å². The molecular formula is C23H24N2OS. The Morgan fingerprint density at radius 3 is 2.52 bits per heavy atom. The Hall–Kier alpha value is -2.43. The Labute approximate surface area is 163 Å². The second-order valence-corrected chi connectivity index (χ2v) is 8.15. The van der Waals surface area contributed by atoms with Crippen molar-refractivity contribution in [1.82, 2.24) is 4.98 Å². The van der Waals surface area contributed by atoms with Crippen LogP contribution in [0.25, 0.3) is 32.1 Å². The monoisotopic (exact) mass is 376 g/mol. The molecule has 4 aromatic rings. The summed E-state index contributed by atoms with van der Waals surface area (Å²) >= 11 is 1.71. The molecule has 0 fully saturated rings. The predicted octanol–water partition coefficient (Wildman–Crippen LogP) is 5.82. The van der Waals surface area contributed by atoms with Gasteiger partial charge in [-0.25, -0.2) is 0 Å². The number of hydrogen-bond acceptors (Lipinski definition) is 4. The molecule has 2 aromatic carbocycles. The lowest BCUT2D eigenvalue weighted by atomic mass is 9.87. The number of pyridine rings is 1.